The van der Waals surface area contributed by atoms with Gasteiger partial charge in [0.2, 0.25) is 35.9 Å². The first kappa shape index (κ1) is 91.2. The molecule has 0 radical (unpaired) electrons. The van der Waals surface area contributed by atoms with Gasteiger partial charge in [0.15, 0.2) is 0 Å². The van der Waals surface area contributed by atoms with E-state index in [0.29, 0.717) is 87.0 Å². The van der Waals surface area contributed by atoms with E-state index in [9.17, 15) is 48.3 Å². The Balaban J connectivity index is -0.000000244. The highest BCUT2D eigenvalue weighted by Gasteiger charge is 2.31. The molecule has 22 nitrogen and oxygen atoms in total. The Morgan fingerprint density at radius 1 is 0.353 bits per heavy atom. The number of nitrogens with two attached hydrogens (primary N) is 2. The second-order valence-electron chi connectivity index (χ2n) is 25.8. The van der Waals surface area contributed by atoms with Gasteiger partial charge in [-0.25, -0.2) is 14.4 Å². The molecule has 10 atom stereocenters. The van der Waals surface area contributed by atoms with E-state index in [2.05, 4.69) is 91.0 Å². The molecule has 0 aliphatic carbocycles. The van der Waals surface area contributed by atoms with Crippen molar-refractivity contribution < 1.29 is 58.5 Å². The maximum atomic E-state index is 12.6. The van der Waals surface area contributed by atoms with E-state index in [1.807, 2.05) is 111 Å². The number of nitrogens with one attached hydrogen (secondary N) is 8. The van der Waals surface area contributed by atoms with Gasteiger partial charge in [0.05, 0.1) is 18.1 Å². The summed E-state index contributed by atoms with van der Waals surface area (Å²) in [6.45, 7) is 46.0. The van der Waals surface area contributed by atoms with Crippen molar-refractivity contribution in [1.29, 1.82) is 0 Å². The molecule has 0 spiro atoms. The minimum Gasteiger partial charge on any atom is -0.480 e. The zero-order chi connectivity index (χ0) is 68.0. The van der Waals surface area contributed by atoms with Crippen LogP contribution in [0.25, 0.3) is 0 Å². The van der Waals surface area contributed by atoms with Crippen LogP contribution < -0.4 is 54.0 Å². The van der Waals surface area contributed by atoms with E-state index < -0.39 is 60.1 Å². The topological polar surface area (TPSA) is 363 Å². The van der Waals surface area contributed by atoms with Crippen molar-refractivity contribution in [3.8, 4) is 0 Å². The number of aliphatic carboxylic acids is 3. The van der Waals surface area contributed by atoms with Crippen LogP contribution in [0.15, 0.2) is 0 Å². The van der Waals surface area contributed by atoms with Gasteiger partial charge in [0.25, 0.3) is 0 Å². The van der Waals surface area contributed by atoms with Crippen LogP contribution >= 0.6 is 0 Å². The van der Waals surface area contributed by atoms with Crippen LogP contribution in [0, 0.1) is 53.3 Å². The number of likely N-dealkylation sites (N-methyl/N-ethyl adjacent to an activating group) is 2. The van der Waals surface area contributed by atoms with Gasteiger partial charge in [-0.2, -0.15) is 0 Å². The van der Waals surface area contributed by atoms with Gasteiger partial charge in [-0.05, 0) is 145 Å². The number of hydrogen-bond acceptors (Lipinski definition) is 13. The molecule has 15 N–H and O–H groups in total. The van der Waals surface area contributed by atoms with Crippen LogP contribution in [-0.4, -0.2) is 144 Å². The van der Waals surface area contributed by atoms with Gasteiger partial charge in [0.1, 0.15) is 30.2 Å². The summed E-state index contributed by atoms with van der Waals surface area (Å²) in [6.07, 6.45) is 6.71. The van der Waals surface area contributed by atoms with E-state index in [0.717, 1.165) is 19.3 Å². The summed E-state index contributed by atoms with van der Waals surface area (Å²) < 4.78 is 0. The third-order valence-electron chi connectivity index (χ3n) is 12.3. The van der Waals surface area contributed by atoms with Crippen molar-refractivity contribution >= 4 is 53.9 Å². The molecule has 10 unspecified atom stereocenters. The number of carbonyl (C=O) groups excluding carboxylic acids is 6. The molecule has 0 aliphatic heterocycles. The molecule has 0 fully saturated rings. The van der Waals surface area contributed by atoms with Crippen molar-refractivity contribution in [3.05, 3.63) is 0 Å². The molecule has 504 valence electrons. The second-order valence-corrected chi connectivity index (χ2v) is 25.8. The Kier molecular flexibility index (Phi) is 57.2. The van der Waals surface area contributed by atoms with Crippen LogP contribution in [-0.2, 0) is 43.2 Å². The predicted octanol–water partition coefficient (Wildman–Crippen LogP) is 7.45. The number of carbonyl (C=O) groups is 9. The Morgan fingerprint density at radius 3 is 0.824 bits per heavy atom. The second kappa shape index (κ2) is 53.3. The molecule has 0 aliphatic rings. The Hall–Kier alpha value is -4.93. The van der Waals surface area contributed by atoms with Gasteiger partial charge < -0.3 is 69.3 Å². The lowest BCUT2D eigenvalue weighted by molar-refractivity contribution is -0.143. The first-order valence-corrected chi connectivity index (χ1v) is 31.4. The van der Waals surface area contributed by atoms with E-state index in [-0.39, 0.29) is 65.4 Å². The fourth-order valence-electron chi connectivity index (χ4n) is 8.06. The number of rotatable bonds is 36. The zero-order valence-electron chi connectivity index (χ0n) is 57.8. The average molecular weight is 1220 g/mol. The van der Waals surface area contributed by atoms with Crippen molar-refractivity contribution in [1.82, 2.24) is 42.5 Å². The molecule has 0 saturated carbocycles. The highest BCUT2D eigenvalue weighted by Crippen LogP contribution is 2.14. The molecular weight excluding hydrogens is 1090 g/mol. The third-order valence-corrected chi connectivity index (χ3v) is 12.3. The first-order valence-electron chi connectivity index (χ1n) is 31.4. The van der Waals surface area contributed by atoms with Gasteiger partial charge in [-0.1, -0.05) is 145 Å². The van der Waals surface area contributed by atoms with Crippen molar-refractivity contribution in [3.63, 3.8) is 0 Å². The SMILES string of the molecule is CC.CC(C)CC(N)C(=O)NC(CC(C)C)C(=O)O.CC(C)CC(NC=O)C(=O)O.CCC(C)N.CNC(CC(C)C)C(=O)NC(CC(C)C)C(=O)NC(C)CC(C)C.CNC(CC(C)C)C(=O)NC(CC(C)C)C(=O)NC(CC(C)C)C(=O)O. The van der Waals surface area contributed by atoms with Gasteiger partial charge in [-0.3, -0.25) is 28.8 Å². The van der Waals surface area contributed by atoms with E-state index in [1.54, 1.807) is 14.1 Å². The lowest BCUT2D eigenvalue weighted by Crippen LogP contribution is -2.55. The molecule has 22 heteroatoms. The standard InChI is InChI=1S/C19H37N3O4.C19H39N3O2.C12H24N2O3.C7H13NO3.C4H11N.C2H6/c1-11(2)8-14(20-7)17(23)21-15(9-12(3)4)18(24)22-16(19(25)26)10-13(5)6;1-12(2)9-15(7)21-19(24)17(11-14(5)6)22-18(23)16(20-8)10-13(3)4;1-7(2)5-9(13)11(15)14-10(12(16)17)6-8(3)4;1-5(2)3-6(7(10)11)8-4-9;1-3-4(2)5;1-2/h11-16,20H,8-10H2,1-7H3,(H,21,23)(H,22,24)(H,25,26);12-17,20H,9-11H2,1-8H3,(H,21,24)(H,22,23);7-10H,5-6,13H2,1-4H3,(H,14,15)(H,16,17);4-6H,3H2,1-2H3,(H,8,9)(H,10,11);4H,3,5H2,1-2H3;1-2H3. The summed E-state index contributed by atoms with van der Waals surface area (Å²) in [5.41, 5.74) is 11.0. The minimum atomic E-state index is -1.06. The molecule has 0 aromatic carbocycles. The van der Waals surface area contributed by atoms with E-state index in [1.165, 1.54) is 0 Å². The van der Waals surface area contributed by atoms with Crippen molar-refractivity contribution in [2.24, 2.45) is 64.7 Å². The first-order chi connectivity index (χ1) is 39.1. The van der Waals surface area contributed by atoms with Gasteiger partial charge in [-0.15, -0.1) is 0 Å². The molecule has 0 rings (SSSR count). The molecule has 0 bridgehead atoms. The normalized spacial score (nSPS) is 14.5. The molecular formula is C63H130N10O12. The lowest BCUT2D eigenvalue weighted by atomic mass is 9.99. The monoisotopic (exact) mass is 1220 g/mol. The highest BCUT2D eigenvalue weighted by molar-refractivity contribution is 5.92. The summed E-state index contributed by atoms with van der Waals surface area (Å²) in [4.78, 5) is 105. The quantitative estimate of drug-likeness (QED) is 0.0271. The average Bonchev–Trinajstić information content (AvgIpc) is 3.36. The fraction of sp³-hybridized carbons (Fsp3) is 0.857. The summed E-state index contributed by atoms with van der Waals surface area (Å²) in [5, 5.41) is 49.0. The Labute approximate surface area is 515 Å². The van der Waals surface area contributed by atoms with E-state index in [4.69, 9.17) is 21.7 Å². The lowest BCUT2D eigenvalue weighted by Gasteiger charge is -2.26. The summed E-state index contributed by atoms with van der Waals surface area (Å²) in [6, 6.07) is -4.56. The van der Waals surface area contributed by atoms with E-state index >= 15 is 0 Å². The number of carboxylic acids is 3. The van der Waals surface area contributed by atoms with Crippen LogP contribution in [0.2, 0.25) is 0 Å². The van der Waals surface area contributed by atoms with Gasteiger partial charge >= 0.3 is 17.9 Å². The van der Waals surface area contributed by atoms with Gasteiger partial charge in [0, 0.05) is 12.1 Å². The number of amides is 6. The summed E-state index contributed by atoms with van der Waals surface area (Å²) in [7, 11) is 3.50. The maximum Gasteiger partial charge on any atom is 0.326 e. The molecule has 0 aromatic rings. The highest BCUT2D eigenvalue weighted by atomic mass is 16.4. The maximum absolute atomic E-state index is 12.6. The summed E-state index contributed by atoms with van der Waals surface area (Å²) >= 11 is 0. The van der Waals surface area contributed by atoms with Crippen LogP contribution in [0.3, 0.4) is 0 Å². The van der Waals surface area contributed by atoms with Crippen molar-refractivity contribution in [2.45, 2.75) is 284 Å². The molecule has 0 aromatic heterocycles. The smallest absolute Gasteiger partial charge is 0.326 e. The van der Waals surface area contributed by atoms with Crippen LogP contribution in [0.5, 0.6) is 0 Å². The van der Waals surface area contributed by atoms with Crippen LogP contribution in [0.1, 0.15) is 223 Å². The Morgan fingerprint density at radius 2 is 0.576 bits per heavy atom. The molecule has 0 heterocycles. The largest absolute Gasteiger partial charge is 0.480 e. The summed E-state index contributed by atoms with van der Waals surface area (Å²) in [5.74, 6) is -1.59. The fourth-order valence-corrected chi connectivity index (χ4v) is 8.06. The zero-order valence-corrected chi connectivity index (χ0v) is 57.8. The minimum absolute atomic E-state index is 0.0791. The molecule has 0 saturated heterocycles. The molecule has 6 amide bonds. The number of hydrogen-bond donors (Lipinski definition) is 13. The predicted molar refractivity (Wildman–Crippen MR) is 345 cm³/mol. The van der Waals surface area contributed by atoms with Crippen molar-refractivity contribution in [2.75, 3.05) is 14.1 Å². The number of carboxylic acid groups (broad SMARTS) is 3. The Bertz CT molecular complexity index is 1800. The third kappa shape index (κ3) is 55.4. The van der Waals surface area contributed by atoms with Crippen LogP contribution in [0.4, 0.5) is 0 Å². The molecule has 85 heavy (non-hydrogen) atoms.